The van der Waals surface area contributed by atoms with Gasteiger partial charge in [0.05, 0.1) is 32.0 Å². The van der Waals surface area contributed by atoms with Crippen LogP contribution >= 0.6 is 0 Å². The second kappa shape index (κ2) is 13.0. The van der Waals surface area contributed by atoms with Crippen LogP contribution in [0.25, 0.3) is 0 Å². The van der Waals surface area contributed by atoms with E-state index in [4.69, 9.17) is 13.9 Å². The average Bonchev–Trinajstić information content (AvgIpc) is 3.22. The van der Waals surface area contributed by atoms with Gasteiger partial charge in [-0.15, -0.1) is 0 Å². The number of hydrogen-bond acceptors (Lipinski definition) is 5. The Balaban J connectivity index is 1.86. The third-order valence-electron chi connectivity index (χ3n) is 7.31. The highest BCUT2D eigenvalue weighted by atomic mass is 28.4. The molecule has 37 heavy (non-hydrogen) atoms. The number of ether oxygens (including phenoxy) is 2. The van der Waals surface area contributed by atoms with Crippen molar-refractivity contribution in [3.05, 3.63) is 71.8 Å². The van der Waals surface area contributed by atoms with Crippen LogP contribution in [0.1, 0.15) is 58.6 Å². The van der Waals surface area contributed by atoms with Crippen molar-refractivity contribution in [2.24, 2.45) is 5.10 Å². The van der Waals surface area contributed by atoms with Crippen LogP contribution in [0.4, 0.5) is 0 Å². The van der Waals surface area contributed by atoms with Gasteiger partial charge >= 0.3 is 0 Å². The molecule has 0 saturated heterocycles. The number of rotatable bonds is 12. The van der Waals surface area contributed by atoms with Crippen molar-refractivity contribution in [1.82, 2.24) is 0 Å². The molecule has 0 bridgehead atoms. The van der Waals surface area contributed by atoms with Crippen LogP contribution in [0, 0.1) is 0 Å². The van der Waals surface area contributed by atoms with Gasteiger partial charge in [-0.05, 0) is 34.4 Å². The molecule has 6 nitrogen and oxygen atoms in total. The van der Waals surface area contributed by atoms with Crippen molar-refractivity contribution >= 4 is 19.9 Å². The molecule has 2 aromatic rings. The SMILES string of the molecule is CC(C)=[N+]1N=C([O-])C[C@H]1C[C@H](OCc1ccccc1)[C@@H](COCc1ccccc1)O[Si](C)(C)C(C)(C)C. The molecule has 0 N–H and O–H groups in total. The normalized spacial score (nSPS) is 18.0. The van der Waals surface area contributed by atoms with Gasteiger partial charge in [-0.25, -0.2) is 0 Å². The van der Waals surface area contributed by atoms with Crippen molar-refractivity contribution in [2.75, 3.05) is 6.61 Å². The molecule has 0 fully saturated rings. The van der Waals surface area contributed by atoms with E-state index in [-0.39, 0.29) is 29.2 Å². The molecule has 1 heterocycles. The van der Waals surface area contributed by atoms with Crippen molar-refractivity contribution in [1.29, 1.82) is 0 Å². The predicted molar refractivity (Wildman–Crippen MR) is 150 cm³/mol. The molecule has 3 rings (SSSR count). The van der Waals surface area contributed by atoms with Crippen LogP contribution in [-0.4, -0.2) is 49.5 Å². The minimum absolute atomic E-state index is 0.0349. The van der Waals surface area contributed by atoms with E-state index >= 15 is 0 Å². The van der Waals surface area contributed by atoms with Crippen LogP contribution in [0.15, 0.2) is 65.8 Å². The molecule has 0 aromatic heterocycles. The molecule has 0 unspecified atom stereocenters. The lowest BCUT2D eigenvalue weighted by Crippen LogP contribution is -2.50. The van der Waals surface area contributed by atoms with Gasteiger partial charge in [0, 0.05) is 32.6 Å². The zero-order valence-electron chi connectivity index (χ0n) is 23.6. The Labute approximate surface area is 224 Å². The van der Waals surface area contributed by atoms with Gasteiger partial charge in [-0.1, -0.05) is 86.1 Å². The summed E-state index contributed by atoms with van der Waals surface area (Å²) in [4.78, 5) is 0. The fraction of sp³-hybridized carbons (Fsp3) is 0.533. The molecule has 0 spiro atoms. The largest absolute Gasteiger partial charge is 0.857 e. The van der Waals surface area contributed by atoms with E-state index in [0.29, 0.717) is 32.7 Å². The Kier molecular flexibility index (Phi) is 10.2. The monoisotopic (exact) mass is 524 g/mol. The number of hydrazone groups is 1. The quantitative estimate of drug-likeness (QED) is 0.271. The summed E-state index contributed by atoms with van der Waals surface area (Å²) in [6.07, 6.45) is 0.469. The highest BCUT2D eigenvalue weighted by molar-refractivity contribution is 6.74. The lowest BCUT2D eigenvalue weighted by atomic mass is 10.0. The first-order valence-electron chi connectivity index (χ1n) is 13.2. The fourth-order valence-electron chi connectivity index (χ4n) is 4.19. The van der Waals surface area contributed by atoms with Crippen molar-refractivity contribution in [3.8, 4) is 0 Å². The Morgan fingerprint density at radius 2 is 1.54 bits per heavy atom. The molecule has 3 atom stereocenters. The van der Waals surface area contributed by atoms with Crippen molar-refractivity contribution in [2.45, 2.75) is 97.1 Å². The molecule has 0 radical (unpaired) electrons. The summed E-state index contributed by atoms with van der Waals surface area (Å²) < 4.78 is 21.7. The zero-order valence-corrected chi connectivity index (χ0v) is 24.6. The van der Waals surface area contributed by atoms with E-state index in [2.05, 4.69) is 63.2 Å². The summed E-state index contributed by atoms with van der Waals surface area (Å²) in [6, 6.07) is 20.3. The van der Waals surface area contributed by atoms with E-state index in [1.54, 1.807) is 0 Å². The Hall–Kier alpha value is -2.32. The Bertz CT molecular complexity index is 1040. The lowest BCUT2D eigenvalue weighted by molar-refractivity contribution is -0.565. The van der Waals surface area contributed by atoms with Crippen LogP contribution < -0.4 is 5.11 Å². The third kappa shape index (κ3) is 8.60. The van der Waals surface area contributed by atoms with E-state index < -0.39 is 8.32 Å². The van der Waals surface area contributed by atoms with Gasteiger partial charge in [0.2, 0.25) is 0 Å². The minimum Gasteiger partial charge on any atom is -0.857 e. The number of hydrogen-bond donors (Lipinski definition) is 0. The standard InChI is InChI=1S/C30H44N2O4Si/c1-23(2)32-26(19-29(33)31-32)18-27(35-21-25-16-12-9-13-17-25)28(36-37(6,7)30(3,4)5)22-34-20-24-14-10-8-11-15-24/h8-17,26-28H,18-22H2,1-7H3/t26-,27+,28-/m1/s1. The number of nitrogens with zero attached hydrogens (tertiary/aromatic N) is 2. The lowest BCUT2D eigenvalue weighted by Gasteiger charge is -2.41. The Morgan fingerprint density at radius 3 is 2.08 bits per heavy atom. The predicted octanol–water partition coefficient (Wildman–Crippen LogP) is 5.51. The zero-order chi connectivity index (χ0) is 27.1. The first-order valence-corrected chi connectivity index (χ1v) is 16.2. The molecule has 0 amide bonds. The summed E-state index contributed by atoms with van der Waals surface area (Å²) >= 11 is 0. The highest BCUT2D eigenvalue weighted by Crippen LogP contribution is 2.38. The summed E-state index contributed by atoms with van der Waals surface area (Å²) in [7, 11) is -2.15. The molecule has 7 heteroatoms. The highest BCUT2D eigenvalue weighted by Gasteiger charge is 2.43. The summed E-state index contributed by atoms with van der Waals surface area (Å²) in [6.45, 7) is 16.6. The minimum atomic E-state index is -2.15. The topological polar surface area (TPSA) is 66.1 Å². The molecular weight excluding hydrogens is 480 g/mol. The maximum atomic E-state index is 12.3. The van der Waals surface area contributed by atoms with Gasteiger partial charge in [0.25, 0.3) is 0 Å². The van der Waals surface area contributed by atoms with Crippen LogP contribution in [-0.2, 0) is 27.1 Å². The maximum Gasteiger partial charge on any atom is 0.192 e. The summed E-state index contributed by atoms with van der Waals surface area (Å²) in [5.74, 6) is -0.0878. The fourth-order valence-corrected chi connectivity index (χ4v) is 5.52. The third-order valence-corrected chi connectivity index (χ3v) is 11.8. The molecule has 202 valence electrons. The van der Waals surface area contributed by atoms with Gasteiger partial charge in [-0.3, -0.25) is 0 Å². The van der Waals surface area contributed by atoms with E-state index in [9.17, 15) is 5.11 Å². The van der Waals surface area contributed by atoms with Crippen molar-refractivity contribution in [3.63, 3.8) is 0 Å². The second-order valence-corrected chi connectivity index (χ2v) is 16.4. The molecular formula is C30H44N2O4Si. The first kappa shape index (κ1) is 29.2. The first-order chi connectivity index (χ1) is 17.5. The van der Waals surface area contributed by atoms with Crippen LogP contribution in [0.2, 0.25) is 18.1 Å². The Morgan fingerprint density at radius 1 is 0.973 bits per heavy atom. The van der Waals surface area contributed by atoms with Gasteiger partial charge in [0.1, 0.15) is 0 Å². The van der Waals surface area contributed by atoms with Crippen molar-refractivity contribution < 1.29 is 23.7 Å². The molecule has 0 saturated carbocycles. The molecule has 0 aliphatic carbocycles. The summed E-state index contributed by atoms with van der Waals surface area (Å²) in [5.41, 5.74) is 3.23. The summed E-state index contributed by atoms with van der Waals surface area (Å²) in [5, 5.41) is 16.6. The van der Waals surface area contributed by atoms with Crippen LogP contribution in [0.5, 0.6) is 0 Å². The van der Waals surface area contributed by atoms with E-state index in [1.807, 2.05) is 54.9 Å². The van der Waals surface area contributed by atoms with E-state index in [0.717, 1.165) is 16.8 Å². The average molecular weight is 525 g/mol. The number of benzene rings is 2. The van der Waals surface area contributed by atoms with E-state index in [1.165, 1.54) is 0 Å². The van der Waals surface area contributed by atoms with Crippen LogP contribution in [0.3, 0.4) is 0 Å². The van der Waals surface area contributed by atoms with Gasteiger partial charge in [0.15, 0.2) is 20.1 Å². The maximum absolute atomic E-state index is 12.3. The smallest absolute Gasteiger partial charge is 0.192 e. The van der Waals surface area contributed by atoms with Gasteiger partial charge in [-0.2, -0.15) is 0 Å². The van der Waals surface area contributed by atoms with Gasteiger partial charge < -0.3 is 19.0 Å². The molecule has 1 aliphatic rings. The molecule has 1 aliphatic heterocycles. The second-order valence-electron chi connectivity index (χ2n) is 11.6. The molecule has 2 aromatic carbocycles.